The zero-order valence-corrected chi connectivity index (χ0v) is 10.1. The van der Waals surface area contributed by atoms with Gasteiger partial charge in [-0.2, -0.15) is 0 Å². The van der Waals surface area contributed by atoms with Crippen LogP contribution in [0, 0.1) is 5.82 Å². The van der Waals surface area contributed by atoms with Crippen molar-refractivity contribution in [3.63, 3.8) is 0 Å². The number of halogens is 2. The molecule has 0 heterocycles. The van der Waals surface area contributed by atoms with Crippen LogP contribution < -0.4 is 4.31 Å². The van der Waals surface area contributed by atoms with Gasteiger partial charge in [0.25, 0.3) is 0 Å². The number of sulfonamides is 1. The molecule has 0 saturated carbocycles. The minimum absolute atomic E-state index is 0.0231. The Labute approximate surface area is 90.7 Å². The first kappa shape index (κ1) is 11.5. The van der Waals surface area contributed by atoms with Gasteiger partial charge in [-0.1, -0.05) is 6.07 Å². The molecule has 0 amide bonds. The first-order valence-corrected chi connectivity index (χ1v) is 6.36. The summed E-state index contributed by atoms with van der Waals surface area (Å²) in [6, 6.07) is 4.29. The van der Waals surface area contributed by atoms with Crippen molar-refractivity contribution < 1.29 is 12.8 Å². The highest BCUT2D eigenvalue weighted by Gasteiger charge is 2.18. The number of anilines is 1. The standard InChI is InChI=1S/C8H9BrFNO2S/c1-11(14(2,12)13)8-6(9)4-3-5-7(8)10/h3-5H,1-2H3. The average Bonchev–Trinajstić information content (AvgIpc) is 2.01. The van der Waals surface area contributed by atoms with Crippen molar-refractivity contribution in [2.75, 3.05) is 17.6 Å². The van der Waals surface area contributed by atoms with Crippen LogP contribution in [0.4, 0.5) is 10.1 Å². The second-order valence-corrected chi connectivity index (χ2v) is 5.67. The Kier molecular flexibility index (Phi) is 3.16. The van der Waals surface area contributed by atoms with Crippen molar-refractivity contribution in [2.24, 2.45) is 0 Å². The molecule has 0 aliphatic carbocycles. The molecule has 0 aromatic heterocycles. The summed E-state index contributed by atoms with van der Waals surface area (Å²) >= 11 is 3.09. The zero-order valence-electron chi connectivity index (χ0n) is 7.66. The van der Waals surface area contributed by atoms with E-state index in [0.717, 1.165) is 10.6 Å². The van der Waals surface area contributed by atoms with E-state index >= 15 is 0 Å². The van der Waals surface area contributed by atoms with Gasteiger partial charge in [0, 0.05) is 11.5 Å². The van der Waals surface area contributed by atoms with Crippen molar-refractivity contribution in [3.05, 3.63) is 28.5 Å². The lowest BCUT2D eigenvalue weighted by Gasteiger charge is -2.18. The zero-order chi connectivity index (χ0) is 10.9. The summed E-state index contributed by atoms with van der Waals surface area (Å²) in [5.74, 6) is -0.577. The van der Waals surface area contributed by atoms with Gasteiger partial charge in [0.15, 0.2) is 0 Å². The van der Waals surface area contributed by atoms with Crippen LogP contribution in [0.25, 0.3) is 0 Å². The molecule has 1 aromatic carbocycles. The summed E-state index contributed by atoms with van der Waals surface area (Å²) in [4.78, 5) is 0. The molecule has 3 nitrogen and oxygen atoms in total. The van der Waals surface area contributed by atoms with Gasteiger partial charge in [0.1, 0.15) is 11.5 Å². The number of nitrogens with zero attached hydrogens (tertiary/aromatic N) is 1. The molecule has 0 aliphatic heterocycles. The summed E-state index contributed by atoms with van der Waals surface area (Å²) in [6.45, 7) is 0. The predicted molar refractivity (Wildman–Crippen MR) is 57.3 cm³/mol. The molecular formula is C8H9BrFNO2S. The Morgan fingerprint density at radius 1 is 1.43 bits per heavy atom. The normalized spacial score (nSPS) is 11.4. The van der Waals surface area contributed by atoms with Gasteiger partial charge in [0.05, 0.1) is 6.26 Å². The SMILES string of the molecule is CN(c1c(F)cccc1Br)S(C)(=O)=O. The van der Waals surface area contributed by atoms with Crippen LogP contribution in [0.5, 0.6) is 0 Å². The summed E-state index contributed by atoms with van der Waals surface area (Å²) in [5, 5.41) is 0. The molecule has 0 bridgehead atoms. The maximum Gasteiger partial charge on any atom is 0.232 e. The van der Waals surface area contributed by atoms with Crippen LogP contribution in [0.3, 0.4) is 0 Å². The minimum Gasteiger partial charge on any atom is -0.269 e. The quantitative estimate of drug-likeness (QED) is 0.831. The van der Waals surface area contributed by atoms with Crippen molar-refractivity contribution in [3.8, 4) is 0 Å². The molecule has 0 unspecified atom stereocenters. The fourth-order valence-electron chi connectivity index (χ4n) is 0.956. The van der Waals surface area contributed by atoms with Crippen molar-refractivity contribution in [1.82, 2.24) is 0 Å². The van der Waals surface area contributed by atoms with Gasteiger partial charge in [-0.3, -0.25) is 4.31 Å². The van der Waals surface area contributed by atoms with E-state index in [1.807, 2.05) is 0 Å². The molecule has 0 N–H and O–H groups in total. The van der Waals surface area contributed by atoms with Crippen molar-refractivity contribution >= 4 is 31.6 Å². The maximum atomic E-state index is 13.3. The van der Waals surface area contributed by atoms with Crippen LogP contribution in [-0.4, -0.2) is 21.7 Å². The lowest BCUT2D eigenvalue weighted by Crippen LogP contribution is -2.26. The molecule has 6 heteroatoms. The molecule has 0 aliphatic rings. The van der Waals surface area contributed by atoms with Gasteiger partial charge >= 0.3 is 0 Å². The van der Waals surface area contributed by atoms with Crippen molar-refractivity contribution in [1.29, 1.82) is 0 Å². The smallest absolute Gasteiger partial charge is 0.232 e. The van der Waals surface area contributed by atoms with E-state index in [4.69, 9.17) is 0 Å². The summed E-state index contributed by atoms with van der Waals surface area (Å²) in [5.41, 5.74) is 0.0231. The van der Waals surface area contributed by atoms with Gasteiger partial charge in [-0.05, 0) is 28.1 Å². The highest BCUT2D eigenvalue weighted by molar-refractivity contribution is 9.10. The van der Waals surface area contributed by atoms with Crippen LogP contribution in [0.2, 0.25) is 0 Å². The molecule has 1 rings (SSSR count). The Morgan fingerprint density at radius 2 is 2.00 bits per heavy atom. The molecule has 0 atom stereocenters. The first-order chi connectivity index (χ1) is 6.34. The second kappa shape index (κ2) is 3.86. The third-order valence-corrected chi connectivity index (χ3v) is 3.57. The lowest BCUT2D eigenvalue weighted by molar-refractivity contribution is 0.594. The first-order valence-electron chi connectivity index (χ1n) is 3.72. The average molecular weight is 282 g/mol. The number of rotatable bonds is 2. The van der Waals surface area contributed by atoms with Crippen LogP contribution >= 0.6 is 15.9 Å². The minimum atomic E-state index is -3.44. The molecule has 14 heavy (non-hydrogen) atoms. The van der Waals surface area contributed by atoms with E-state index in [9.17, 15) is 12.8 Å². The summed E-state index contributed by atoms with van der Waals surface area (Å²) in [6.07, 6.45) is 1.02. The Morgan fingerprint density at radius 3 is 2.43 bits per heavy atom. The number of hydrogen-bond acceptors (Lipinski definition) is 2. The fourth-order valence-corrected chi connectivity index (χ4v) is 2.20. The molecule has 0 radical (unpaired) electrons. The Hall–Kier alpha value is -0.620. The van der Waals surface area contributed by atoms with Crippen LogP contribution in [0.15, 0.2) is 22.7 Å². The van der Waals surface area contributed by atoms with Gasteiger partial charge in [-0.15, -0.1) is 0 Å². The second-order valence-electron chi connectivity index (χ2n) is 2.80. The topological polar surface area (TPSA) is 37.4 Å². The van der Waals surface area contributed by atoms with Gasteiger partial charge < -0.3 is 0 Å². The molecule has 0 saturated heterocycles. The van der Waals surface area contributed by atoms with Crippen LogP contribution in [0.1, 0.15) is 0 Å². The van der Waals surface area contributed by atoms with Gasteiger partial charge in [0.2, 0.25) is 10.0 Å². The van der Waals surface area contributed by atoms with Crippen molar-refractivity contribution in [2.45, 2.75) is 0 Å². The summed E-state index contributed by atoms with van der Waals surface area (Å²) in [7, 11) is -2.13. The van der Waals surface area contributed by atoms with Crippen LogP contribution in [-0.2, 0) is 10.0 Å². The maximum absolute atomic E-state index is 13.3. The lowest BCUT2D eigenvalue weighted by atomic mass is 10.3. The fraction of sp³-hybridized carbons (Fsp3) is 0.250. The third kappa shape index (κ3) is 2.24. The van der Waals surface area contributed by atoms with E-state index in [0.29, 0.717) is 4.47 Å². The Balaban J connectivity index is 3.33. The van der Waals surface area contributed by atoms with E-state index < -0.39 is 15.8 Å². The van der Waals surface area contributed by atoms with E-state index in [-0.39, 0.29) is 5.69 Å². The number of para-hydroxylation sites is 1. The van der Waals surface area contributed by atoms with E-state index in [1.54, 1.807) is 6.07 Å². The monoisotopic (exact) mass is 281 g/mol. The summed E-state index contributed by atoms with van der Waals surface area (Å²) < 4.78 is 36.9. The number of benzene rings is 1. The molecule has 78 valence electrons. The predicted octanol–water partition coefficient (Wildman–Crippen LogP) is 1.98. The molecule has 0 spiro atoms. The van der Waals surface area contributed by atoms with Gasteiger partial charge in [-0.25, -0.2) is 12.8 Å². The molecule has 0 fully saturated rings. The van der Waals surface area contributed by atoms with E-state index in [1.165, 1.54) is 19.2 Å². The third-order valence-electron chi connectivity index (χ3n) is 1.75. The highest BCUT2D eigenvalue weighted by atomic mass is 79.9. The highest BCUT2D eigenvalue weighted by Crippen LogP contribution is 2.29. The largest absolute Gasteiger partial charge is 0.269 e. The molecular weight excluding hydrogens is 273 g/mol. The van der Waals surface area contributed by atoms with E-state index in [2.05, 4.69) is 15.9 Å². The Bertz CT molecular complexity index is 426. The molecule has 1 aromatic rings. The number of hydrogen-bond donors (Lipinski definition) is 0.